The average Bonchev–Trinajstić information content (AvgIpc) is 2.34. The first-order valence-corrected chi connectivity index (χ1v) is 6.90. The van der Waals surface area contributed by atoms with Gasteiger partial charge >= 0.3 is 0 Å². The molecule has 16 heavy (non-hydrogen) atoms. The van der Waals surface area contributed by atoms with Crippen molar-refractivity contribution in [2.24, 2.45) is 5.92 Å². The van der Waals surface area contributed by atoms with Gasteiger partial charge in [-0.25, -0.2) is 0 Å². The first kappa shape index (κ1) is 13.3. The van der Waals surface area contributed by atoms with E-state index in [0.717, 1.165) is 5.92 Å². The number of hydrogen-bond donors (Lipinski definition) is 0. The average molecular weight is 218 g/mol. The summed E-state index contributed by atoms with van der Waals surface area (Å²) in [4.78, 5) is 0. The highest BCUT2D eigenvalue weighted by Gasteiger charge is 2.07. The molecule has 0 N–H and O–H groups in total. The number of benzene rings is 1. The lowest BCUT2D eigenvalue weighted by atomic mass is 9.91. The third-order valence-electron chi connectivity index (χ3n) is 3.35. The molecule has 0 heterocycles. The molecule has 0 fully saturated rings. The number of rotatable bonds is 8. The Kier molecular flexibility index (Phi) is 6.96. The highest BCUT2D eigenvalue weighted by atomic mass is 14.1. The standard InChI is InChI=1S/C16H26/c1-3-5-10-15(9-4-2)13-14-16-11-7-6-8-12-16/h6-8,11-12,15H,3-5,9-10,13-14H2,1-2H3/t15-/m0/s1. The topological polar surface area (TPSA) is 0 Å². The van der Waals surface area contributed by atoms with Crippen LogP contribution < -0.4 is 0 Å². The fraction of sp³-hybridized carbons (Fsp3) is 0.625. The highest BCUT2D eigenvalue weighted by molar-refractivity contribution is 5.14. The predicted molar refractivity (Wildman–Crippen MR) is 72.7 cm³/mol. The van der Waals surface area contributed by atoms with Crippen LogP contribution >= 0.6 is 0 Å². The van der Waals surface area contributed by atoms with Gasteiger partial charge in [0, 0.05) is 0 Å². The minimum absolute atomic E-state index is 0.949. The van der Waals surface area contributed by atoms with E-state index in [1.165, 1.54) is 50.5 Å². The largest absolute Gasteiger partial charge is 0.0654 e. The molecule has 1 aromatic carbocycles. The molecule has 0 heteroatoms. The van der Waals surface area contributed by atoms with Gasteiger partial charge in [-0.2, -0.15) is 0 Å². The summed E-state index contributed by atoms with van der Waals surface area (Å²) in [5, 5.41) is 0. The van der Waals surface area contributed by atoms with Gasteiger partial charge in [0.05, 0.1) is 0 Å². The molecule has 1 aromatic rings. The second kappa shape index (κ2) is 8.38. The van der Waals surface area contributed by atoms with Crippen molar-refractivity contribution in [3.05, 3.63) is 35.9 Å². The van der Waals surface area contributed by atoms with Crippen molar-refractivity contribution >= 4 is 0 Å². The Hall–Kier alpha value is -0.780. The van der Waals surface area contributed by atoms with Crippen molar-refractivity contribution in [2.75, 3.05) is 0 Å². The van der Waals surface area contributed by atoms with Gasteiger partial charge in [-0.3, -0.25) is 0 Å². The fourth-order valence-corrected chi connectivity index (χ4v) is 2.35. The lowest BCUT2D eigenvalue weighted by Crippen LogP contribution is -2.02. The molecule has 0 saturated heterocycles. The molecule has 0 spiro atoms. The van der Waals surface area contributed by atoms with Gasteiger partial charge in [0.2, 0.25) is 0 Å². The SMILES string of the molecule is CCCC[C@H](CCC)CCc1ccccc1. The number of hydrogen-bond acceptors (Lipinski definition) is 0. The summed E-state index contributed by atoms with van der Waals surface area (Å²) in [7, 11) is 0. The van der Waals surface area contributed by atoms with Crippen LogP contribution in [0.1, 0.15) is 57.9 Å². The molecule has 0 aromatic heterocycles. The lowest BCUT2D eigenvalue weighted by molar-refractivity contribution is 0.402. The molecule has 1 atom stereocenters. The van der Waals surface area contributed by atoms with E-state index in [2.05, 4.69) is 44.2 Å². The fourth-order valence-electron chi connectivity index (χ4n) is 2.35. The van der Waals surface area contributed by atoms with Crippen LogP contribution in [0.5, 0.6) is 0 Å². The van der Waals surface area contributed by atoms with E-state index in [9.17, 15) is 0 Å². The Morgan fingerprint density at radius 3 is 2.25 bits per heavy atom. The van der Waals surface area contributed by atoms with E-state index in [-0.39, 0.29) is 0 Å². The zero-order valence-corrected chi connectivity index (χ0v) is 10.9. The minimum Gasteiger partial charge on any atom is -0.0654 e. The van der Waals surface area contributed by atoms with Gasteiger partial charge in [0.25, 0.3) is 0 Å². The molecule has 0 radical (unpaired) electrons. The summed E-state index contributed by atoms with van der Waals surface area (Å²) in [5.74, 6) is 0.949. The van der Waals surface area contributed by atoms with Crippen LogP contribution in [-0.4, -0.2) is 0 Å². The van der Waals surface area contributed by atoms with Crippen molar-refractivity contribution < 1.29 is 0 Å². The Balaban J connectivity index is 2.31. The molecule has 1 rings (SSSR count). The normalized spacial score (nSPS) is 12.6. The molecular formula is C16H26. The van der Waals surface area contributed by atoms with Gasteiger partial charge in [0.15, 0.2) is 0 Å². The second-order valence-corrected chi connectivity index (χ2v) is 4.82. The molecule has 0 aliphatic heterocycles. The Morgan fingerprint density at radius 2 is 1.62 bits per heavy atom. The maximum atomic E-state index is 2.31. The first-order valence-electron chi connectivity index (χ1n) is 6.90. The smallest absolute Gasteiger partial charge is 0.0276 e. The van der Waals surface area contributed by atoms with E-state index in [0.29, 0.717) is 0 Å². The molecule has 0 nitrogen and oxygen atoms in total. The Morgan fingerprint density at radius 1 is 0.875 bits per heavy atom. The van der Waals surface area contributed by atoms with E-state index in [1.54, 1.807) is 0 Å². The predicted octanol–water partition coefficient (Wildman–Crippen LogP) is 5.23. The Bertz CT molecular complexity index is 250. The first-order chi connectivity index (χ1) is 7.86. The van der Waals surface area contributed by atoms with Crippen LogP contribution in [0.25, 0.3) is 0 Å². The zero-order chi connectivity index (χ0) is 11.6. The molecule has 0 aliphatic carbocycles. The number of aryl methyl sites for hydroxylation is 1. The molecule has 0 amide bonds. The van der Waals surface area contributed by atoms with Gasteiger partial charge in [-0.05, 0) is 24.3 Å². The quantitative estimate of drug-likeness (QED) is 0.561. The van der Waals surface area contributed by atoms with Crippen LogP contribution in [-0.2, 0) is 6.42 Å². The van der Waals surface area contributed by atoms with Gasteiger partial charge < -0.3 is 0 Å². The van der Waals surface area contributed by atoms with E-state index >= 15 is 0 Å². The molecule has 0 unspecified atom stereocenters. The monoisotopic (exact) mass is 218 g/mol. The molecular weight excluding hydrogens is 192 g/mol. The van der Waals surface area contributed by atoms with Crippen LogP contribution in [0.3, 0.4) is 0 Å². The van der Waals surface area contributed by atoms with Crippen molar-refractivity contribution in [1.82, 2.24) is 0 Å². The summed E-state index contributed by atoms with van der Waals surface area (Å²) in [6.45, 7) is 4.60. The third kappa shape index (κ3) is 5.34. The summed E-state index contributed by atoms with van der Waals surface area (Å²) in [5.41, 5.74) is 1.50. The Labute approximate surface area is 101 Å². The van der Waals surface area contributed by atoms with E-state index < -0.39 is 0 Å². The van der Waals surface area contributed by atoms with Crippen LogP contribution in [0.2, 0.25) is 0 Å². The summed E-state index contributed by atoms with van der Waals surface area (Å²) in [6, 6.07) is 10.9. The van der Waals surface area contributed by atoms with Crippen molar-refractivity contribution in [2.45, 2.75) is 58.8 Å². The summed E-state index contributed by atoms with van der Waals surface area (Å²) >= 11 is 0. The van der Waals surface area contributed by atoms with Gasteiger partial charge in [-0.15, -0.1) is 0 Å². The van der Waals surface area contributed by atoms with Gasteiger partial charge in [-0.1, -0.05) is 76.3 Å². The molecule has 90 valence electrons. The summed E-state index contributed by atoms with van der Waals surface area (Å²) < 4.78 is 0. The second-order valence-electron chi connectivity index (χ2n) is 4.82. The van der Waals surface area contributed by atoms with Crippen LogP contribution in [0.15, 0.2) is 30.3 Å². The minimum atomic E-state index is 0.949. The maximum Gasteiger partial charge on any atom is -0.0276 e. The zero-order valence-electron chi connectivity index (χ0n) is 10.9. The van der Waals surface area contributed by atoms with Crippen LogP contribution in [0.4, 0.5) is 0 Å². The number of unbranched alkanes of at least 4 members (excludes halogenated alkanes) is 1. The van der Waals surface area contributed by atoms with Crippen molar-refractivity contribution in [1.29, 1.82) is 0 Å². The summed E-state index contributed by atoms with van der Waals surface area (Å²) in [6.07, 6.45) is 9.55. The van der Waals surface area contributed by atoms with Crippen LogP contribution in [0, 0.1) is 5.92 Å². The van der Waals surface area contributed by atoms with Crippen molar-refractivity contribution in [3.63, 3.8) is 0 Å². The maximum absolute atomic E-state index is 2.31. The molecule has 0 bridgehead atoms. The van der Waals surface area contributed by atoms with Gasteiger partial charge in [0.1, 0.15) is 0 Å². The highest BCUT2D eigenvalue weighted by Crippen LogP contribution is 2.20. The van der Waals surface area contributed by atoms with E-state index in [1.807, 2.05) is 0 Å². The molecule has 0 aliphatic rings. The van der Waals surface area contributed by atoms with Crippen molar-refractivity contribution in [3.8, 4) is 0 Å². The lowest BCUT2D eigenvalue weighted by Gasteiger charge is -2.15. The molecule has 0 saturated carbocycles. The third-order valence-corrected chi connectivity index (χ3v) is 3.35. The van der Waals surface area contributed by atoms with E-state index in [4.69, 9.17) is 0 Å².